The summed E-state index contributed by atoms with van der Waals surface area (Å²) < 4.78 is 1.15. The second-order valence-electron chi connectivity index (χ2n) is 0.745. The minimum Gasteiger partial charge on any atom is -0.124 e. The van der Waals surface area contributed by atoms with Crippen LogP contribution >= 0.6 is 34.4 Å². The zero-order valence-electron chi connectivity index (χ0n) is 3.65. The molecular weight excluding hydrogens is 207 g/mol. The predicted molar refractivity (Wildman–Crippen MR) is 41.3 cm³/mol. The van der Waals surface area contributed by atoms with Crippen LogP contribution in [0.2, 0.25) is 0 Å². The van der Waals surface area contributed by atoms with E-state index in [1.165, 1.54) is 0 Å². The van der Waals surface area contributed by atoms with Gasteiger partial charge >= 0.3 is 0 Å². The van der Waals surface area contributed by atoms with E-state index in [9.17, 15) is 0 Å². The molecule has 0 rings (SSSR count). The maximum Gasteiger partial charge on any atom is 0.0495 e. The average Bonchev–Trinajstić information content (AvgIpc) is 1.61. The molecule has 0 heterocycles. The van der Waals surface area contributed by atoms with Crippen molar-refractivity contribution in [3.63, 3.8) is 0 Å². The zero-order chi connectivity index (χ0) is 4.83. The Kier molecular flexibility index (Phi) is 6.62. The monoisotopic (exact) mass is 214 g/mol. The molecule has 0 aliphatic rings. The summed E-state index contributed by atoms with van der Waals surface area (Å²) in [6.45, 7) is 2.03. The molecule has 0 radical (unpaired) electrons. The highest BCUT2D eigenvalue weighted by Crippen LogP contribution is 2.04. The van der Waals surface area contributed by atoms with E-state index in [-0.39, 0.29) is 0 Å². The quantitative estimate of drug-likeness (QED) is 0.503. The molecule has 0 saturated carbocycles. The van der Waals surface area contributed by atoms with Gasteiger partial charge in [-0.15, -0.1) is 11.8 Å². The van der Waals surface area contributed by atoms with Crippen molar-refractivity contribution in [3.8, 4) is 0 Å². The summed E-state index contributed by atoms with van der Waals surface area (Å²) in [7, 11) is 0. The van der Waals surface area contributed by atoms with E-state index in [1.54, 1.807) is 0 Å². The van der Waals surface area contributed by atoms with E-state index >= 15 is 0 Å². The molecule has 0 spiro atoms. The molecule has 0 fully saturated rings. The van der Waals surface area contributed by atoms with Gasteiger partial charge in [-0.25, -0.2) is 0 Å². The van der Waals surface area contributed by atoms with Crippen LogP contribution in [0.15, 0.2) is 11.5 Å². The van der Waals surface area contributed by atoms with E-state index in [2.05, 4.69) is 28.0 Å². The van der Waals surface area contributed by atoms with Crippen LogP contribution in [0.1, 0.15) is 6.92 Å². The van der Waals surface area contributed by atoms with Crippen molar-refractivity contribution >= 4 is 34.4 Å². The van der Waals surface area contributed by atoms with Gasteiger partial charge < -0.3 is 0 Å². The van der Waals surface area contributed by atoms with Crippen LogP contribution in [0, 0.1) is 0 Å². The standard InChI is InChI=1S/C4H7IS/c1-2-3-6-4-5/h2-3H,4H2,1H3/b3-2+. The lowest BCUT2D eigenvalue weighted by molar-refractivity contribution is 1.79. The van der Waals surface area contributed by atoms with Gasteiger partial charge in [0.15, 0.2) is 0 Å². The lowest BCUT2D eigenvalue weighted by Gasteiger charge is -1.75. The first-order chi connectivity index (χ1) is 2.91. The Hall–Kier alpha value is 0.820. The van der Waals surface area contributed by atoms with Crippen molar-refractivity contribution in [1.82, 2.24) is 0 Å². The molecule has 0 saturated heterocycles. The first-order valence-electron chi connectivity index (χ1n) is 1.70. The number of thioether (sulfide) groups is 1. The van der Waals surface area contributed by atoms with Crippen molar-refractivity contribution in [3.05, 3.63) is 11.5 Å². The third-order valence-corrected chi connectivity index (χ3v) is 1.96. The minimum atomic E-state index is 1.15. The molecule has 0 unspecified atom stereocenters. The molecule has 36 valence electrons. The summed E-state index contributed by atoms with van der Waals surface area (Å²) in [5.74, 6) is 0. The van der Waals surface area contributed by atoms with Crippen LogP contribution in [0.25, 0.3) is 0 Å². The highest BCUT2D eigenvalue weighted by Gasteiger charge is 1.66. The molecule has 0 amide bonds. The van der Waals surface area contributed by atoms with E-state index in [0.717, 1.165) is 3.76 Å². The zero-order valence-corrected chi connectivity index (χ0v) is 6.62. The molecule has 0 N–H and O–H groups in total. The second-order valence-corrected chi connectivity index (χ2v) is 3.44. The van der Waals surface area contributed by atoms with Crippen LogP contribution in [-0.2, 0) is 0 Å². The smallest absolute Gasteiger partial charge is 0.0495 e. The normalized spacial score (nSPS) is 10.3. The summed E-state index contributed by atoms with van der Waals surface area (Å²) in [5.41, 5.74) is 0. The van der Waals surface area contributed by atoms with Gasteiger partial charge in [0.1, 0.15) is 0 Å². The van der Waals surface area contributed by atoms with Gasteiger partial charge in [-0.2, -0.15) is 0 Å². The first-order valence-corrected chi connectivity index (χ1v) is 4.28. The Morgan fingerprint density at radius 3 is 2.67 bits per heavy atom. The SMILES string of the molecule is C/C=C/SCI. The highest BCUT2D eigenvalue weighted by molar-refractivity contribution is 14.1. The Balaban J connectivity index is 2.66. The van der Waals surface area contributed by atoms with Gasteiger partial charge in [0, 0.05) is 3.76 Å². The average molecular weight is 214 g/mol. The maximum atomic E-state index is 2.32. The first kappa shape index (κ1) is 6.82. The Morgan fingerprint density at radius 2 is 2.50 bits per heavy atom. The molecule has 6 heavy (non-hydrogen) atoms. The summed E-state index contributed by atoms with van der Waals surface area (Å²) in [6, 6.07) is 0. The van der Waals surface area contributed by atoms with E-state index in [1.807, 2.05) is 24.8 Å². The Bertz CT molecular complexity index is 42.8. The lowest BCUT2D eigenvalue weighted by Crippen LogP contribution is -1.46. The fourth-order valence-corrected chi connectivity index (χ4v) is 1.02. The molecule has 0 aromatic carbocycles. The van der Waals surface area contributed by atoms with Gasteiger partial charge in [-0.05, 0) is 12.3 Å². The van der Waals surface area contributed by atoms with Crippen LogP contribution < -0.4 is 0 Å². The number of allylic oxidation sites excluding steroid dienone is 1. The van der Waals surface area contributed by atoms with Crippen LogP contribution in [0.4, 0.5) is 0 Å². The van der Waals surface area contributed by atoms with Crippen molar-refractivity contribution in [2.75, 3.05) is 3.76 Å². The van der Waals surface area contributed by atoms with Crippen molar-refractivity contribution < 1.29 is 0 Å². The summed E-state index contributed by atoms with van der Waals surface area (Å²) in [5, 5.41) is 2.09. The van der Waals surface area contributed by atoms with Crippen LogP contribution in [0.5, 0.6) is 0 Å². The fourth-order valence-electron chi connectivity index (χ4n) is 0.133. The van der Waals surface area contributed by atoms with Crippen molar-refractivity contribution in [2.45, 2.75) is 6.92 Å². The third kappa shape index (κ3) is 4.82. The molecule has 0 aliphatic heterocycles. The van der Waals surface area contributed by atoms with Gasteiger partial charge in [0.25, 0.3) is 0 Å². The third-order valence-electron chi connectivity index (χ3n) is 0.295. The van der Waals surface area contributed by atoms with E-state index in [4.69, 9.17) is 0 Å². The Morgan fingerprint density at radius 1 is 1.83 bits per heavy atom. The summed E-state index contributed by atoms with van der Waals surface area (Å²) in [4.78, 5) is 0. The molecule has 2 heteroatoms. The van der Waals surface area contributed by atoms with Gasteiger partial charge in [-0.1, -0.05) is 28.7 Å². The highest BCUT2D eigenvalue weighted by atomic mass is 127. The number of hydrogen-bond acceptors (Lipinski definition) is 1. The largest absolute Gasteiger partial charge is 0.124 e. The lowest BCUT2D eigenvalue weighted by atomic mass is 10.8. The second kappa shape index (κ2) is 5.82. The molecule has 0 bridgehead atoms. The summed E-state index contributed by atoms with van der Waals surface area (Å²) >= 11 is 4.14. The number of alkyl halides is 1. The number of rotatable bonds is 2. The molecule has 0 aromatic rings. The van der Waals surface area contributed by atoms with E-state index in [0.29, 0.717) is 0 Å². The number of halogens is 1. The maximum absolute atomic E-state index is 2.32. The topological polar surface area (TPSA) is 0 Å². The van der Waals surface area contributed by atoms with Crippen molar-refractivity contribution in [1.29, 1.82) is 0 Å². The van der Waals surface area contributed by atoms with Gasteiger partial charge in [-0.3, -0.25) is 0 Å². The van der Waals surface area contributed by atoms with Crippen molar-refractivity contribution in [2.24, 2.45) is 0 Å². The van der Waals surface area contributed by atoms with Crippen LogP contribution in [-0.4, -0.2) is 3.76 Å². The fraction of sp³-hybridized carbons (Fsp3) is 0.500. The molecular formula is C4H7IS. The van der Waals surface area contributed by atoms with E-state index < -0.39 is 0 Å². The summed E-state index contributed by atoms with van der Waals surface area (Å²) in [6.07, 6.45) is 2.04. The van der Waals surface area contributed by atoms with Gasteiger partial charge in [0.2, 0.25) is 0 Å². The Labute approximate surface area is 56.5 Å². The molecule has 0 nitrogen and oxygen atoms in total. The predicted octanol–water partition coefficient (Wildman–Crippen LogP) is 2.65. The van der Waals surface area contributed by atoms with Crippen LogP contribution in [0.3, 0.4) is 0 Å². The number of hydrogen-bond donors (Lipinski definition) is 0. The molecule has 0 atom stereocenters. The van der Waals surface area contributed by atoms with Gasteiger partial charge in [0.05, 0.1) is 0 Å². The molecule has 0 aliphatic carbocycles. The minimum absolute atomic E-state index is 1.15. The molecule has 0 aromatic heterocycles.